The van der Waals surface area contributed by atoms with Crippen molar-refractivity contribution in [3.05, 3.63) is 77.4 Å². The van der Waals surface area contributed by atoms with E-state index in [1.807, 2.05) is 24.5 Å². The molecule has 0 aliphatic rings. The summed E-state index contributed by atoms with van der Waals surface area (Å²) in [5, 5.41) is 0. The maximum absolute atomic E-state index is 14.6. The highest BCUT2D eigenvalue weighted by Crippen LogP contribution is 2.21. The molecule has 0 N–H and O–H groups in total. The first-order valence-corrected chi connectivity index (χ1v) is 14.0. The van der Waals surface area contributed by atoms with Gasteiger partial charge in [0.1, 0.15) is 11.6 Å². The Balaban J connectivity index is 1.48. The highest BCUT2D eigenvalue weighted by atomic mass is 19.1. The molecule has 3 aromatic rings. The second kappa shape index (κ2) is 15.9. The Bertz CT molecular complexity index is 1080. The fourth-order valence-corrected chi connectivity index (χ4v) is 4.38. The molecule has 0 amide bonds. The van der Waals surface area contributed by atoms with Crippen LogP contribution < -0.4 is 4.74 Å². The summed E-state index contributed by atoms with van der Waals surface area (Å²) >= 11 is 0. The van der Waals surface area contributed by atoms with Crippen molar-refractivity contribution in [2.75, 3.05) is 0 Å². The zero-order valence-corrected chi connectivity index (χ0v) is 22.5. The quantitative estimate of drug-likeness (QED) is 0.111. The lowest BCUT2D eigenvalue weighted by atomic mass is 10.0. The van der Waals surface area contributed by atoms with Crippen molar-refractivity contribution in [3.8, 4) is 17.1 Å². The summed E-state index contributed by atoms with van der Waals surface area (Å²) in [6.07, 6.45) is 18.7. The summed E-state index contributed by atoms with van der Waals surface area (Å²) in [6, 6.07) is 11.7. The molecule has 0 saturated heterocycles. The van der Waals surface area contributed by atoms with E-state index in [4.69, 9.17) is 4.74 Å². The third-order valence-corrected chi connectivity index (χ3v) is 6.69. The molecule has 3 rings (SSSR count). The van der Waals surface area contributed by atoms with Crippen LogP contribution in [0.25, 0.3) is 11.4 Å². The Morgan fingerprint density at radius 1 is 0.757 bits per heavy atom. The topological polar surface area (TPSA) is 52.1 Å². The predicted octanol–water partition coefficient (Wildman–Crippen LogP) is 8.92. The van der Waals surface area contributed by atoms with Crippen molar-refractivity contribution in [1.29, 1.82) is 0 Å². The Morgan fingerprint density at radius 3 is 2.00 bits per heavy atom. The molecular weight excluding hydrogens is 463 g/mol. The van der Waals surface area contributed by atoms with Crippen LogP contribution in [0.4, 0.5) is 4.39 Å². The minimum absolute atomic E-state index is 0.211. The van der Waals surface area contributed by atoms with Crippen molar-refractivity contribution < 1.29 is 13.9 Å². The van der Waals surface area contributed by atoms with E-state index in [2.05, 4.69) is 23.8 Å². The predicted molar refractivity (Wildman–Crippen MR) is 148 cm³/mol. The van der Waals surface area contributed by atoms with Crippen molar-refractivity contribution in [2.45, 2.75) is 97.3 Å². The number of aryl methyl sites for hydroxylation is 2. The number of rotatable bonds is 16. The van der Waals surface area contributed by atoms with Crippen LogP contribution in [0.5, 0.6) is 5.75 Å². The zero-order valence-electron chi connectivity index (χ0n) is 22.5. The molecule has 1 heterocycles. The van der Waals surface area contributed by atoms with Crippen LogP contribution in [0.2, 0.25) is 0 Å². The summed E-state index contributed by atoms with van der Waals surface area (Å²) in [6.45, 7) is 4.42. The van der Waals surface area contributed by atoms with Gasteiger partial charge in [-0.25, -0.2) is 19.2 Å². The molecular formula is C32H41FN2O2. The molecule has 0 fully saturated rings. The second-order valence-corrected chi connectivity index (χ2v) is 9.82. The van der Waals surface area contributed by atoms with E-state index >= 15 is 0 Å². The molecule has 0 radical (unpaired) electrons. The number of hydrogen-bond donors (Lipinski definition) is 0. The fourth-order valence-electron chi connectivity index (χ4n) is 4.38. The normalized spacial score (nSPS) is 11.0. The molecule has 0 saturated carbocycles. The van der Waals surface area contributed by atoms with E-state index in [0.717, 1.165) is 36.8 Å². The lowest BCUT2D eigenvalue weighted by Gasteiger charge is -2.08. The number of carbonyl (C=O) groups is 1. The van der Waals surface area contributed by atoms with Crippen LogP contribution in [-0.2, 0) is 12.8 Å². The average Bonchev–Trinajstić information content (AvgIpc) is 2.92. The molecule has 0 atom stereocenters. The number of esters is 1. The second-order valence-electron chi connectivity index (χ2n) is 9.82. The number of ether oxygens (including phenoxy) is 1. The Kier molecular flexibility index (Phi) is 12.2. The van der Waals surface area contributed by atoms with Gasteiger partial charge in [0.15, 0.2) is 5.82 Å². The van der Waals surface area contributed by atoms with Crippen LogP contribution in [0.15, 0.2) is 54.9 Å². The standard InChI is InChI=1S/C32H41FN2O2/c1-3-5-7-9-10-11-13-15-26-16-17-28(22-30(26)33)32(36)37-29-20-18-27(19-21-29)31-34-23-25(24-35-31)14-12-8-6-4-2/h16-24H,3-15H2,1-2H3. The molecule has 1 aromatic heterocycles. The molecule has 2 aromatic carbocycles. The van der Waals surface area contributed by atoms with Crippen LogP contribution in [0.1, 0.15) is 106 Å². The third kappa shape index (κ3) is 9.71. The SMILES string of the molecule is CCCCCCCCCc1ccc(C(=O)Oc2ccc(-c3ncc(CCCCCC)cn3)cc2)cc1F. The van der Waals surface area contributed by atoms with E-state index in [1.54, 1.807) is 24.3 Å². The number of unbranched alkanes of at least 4 members (excludes halogenated alkanes) is 9. The highest BCUT2D eigenvalue weighted by Gasteiger charge is 2.13. The Hall–Kier alpha value is -3.08. The summed E-state index contributed by atoms with van der Waals surface area (Å²) in [7, 11) is 0. The van der Waals surface area contributed by atoms with Gasteiger partial charge < -0.3 is 4.74 Å². The van der Waals surface area contributed by atoms with Gasteiger partial charge in [-0.15, -0.1) is 0 Å². The fraction of sp³-hybridized carbons (Fsp3) is 0.469. The number of benzene rings is 2. The molecule has 0 spiro atoms. The Labute approximate surface area is 221 Å². The van der Waals surface area contributed by atoms with Gasteiger partial charge in [-0.2, -0.15) is 0 Å². The summed E-state index contributed by atoms with van der Waals surface area (Å²) in [5.41, 5.74) is 2.85. The number of carbonyl (C=O) groups excluding carboxylic acids is 1. The summed E-state index contributed by atoms with van der Waals surface area (Å²) < 4.78 is 20.0. The molecule has 4 nitrogen and oxygen atoms in total. The third-order valence-electron chi connectivity index (χ3n) is 6.69. The van der Waals surface area contributed by atoms with Crippen molar-refractivity contribution in [3.63, 3.8) is 0 Å². The average molecular weight is 505 g/mol. The van der Waals surface area contributed by atoms with Gasteiger partial charge in [0.25, 0.3) is 0 Å². The van der Waals surface area contributed by atoms with Gasteiger partial charge in [-0.05, 0) is 73.2 Å². The first kappa shape index (κ1) is 28.5. The van der Waals surface area contributed by atoms with Crippen LogP contribution in [-0.4, -0.2) is 15.9 Å². The largest absolute Gasteiger partial charge is 0.423 e. The number of aromatic nitrogens is 2. The van der Waals surface area contributed by atoms with E-state index in [-0.39, 0.29) is 11.4 Å². The minimum Gasteiger partial charge on any atom is -0.423 e. The number of nitrogens with zero attached hydrogens (tertiary/aromatic N) is 2. The van der Waals surface area contributed by atoms with E-state index in [0.29, 0.717) is 23.6 Å². The van der Waals surface area contributed by atoms with Gasteiger partial charge in [0.2, 0.25) is 0 Å². The molecule has 0 unspecified atom stereocenters. The number of halogens is 1. The van der Waals surface area contributed by atoms with Crippen molar-refractivity contribution in [1.82, 2.24) is 9.97 Å². The first-order chi connectivity index (χ1) is 18.1. The van der Waals surface area contributed by atoms with E-state index < -0.39 is 5.97 Å². The van der Waals surface area contributed by atoms with E-state index in [9.17, 15) is 9.18 Å². The smallest absolute Gasteiger partial charge is 0.343 e. The van der Waals surface area contributed by atoms with Crippen LogP contribution in [0, 0.1) is 5.82 Å². The van der Waals surface area contributed by atoms with E-state index in [1.165, 1.54) is 57.4 Å². The maximum Gasteiger partial charge on any atom is 0.343 e. The molecule has 5 heteroatoms. The lowest BCUT2D eigenvalue weighted by Crippen LogP contribution is -2.09. The zero-order chi connectivity index (χ0) is 26.3. The Morgan fingerprint density at radius 2 is 1.35 bits per heavy atom. The molecule has 37 heavy (non-hydrogen) atoms. The van der Waals surface area contributed by atoms with Gasteiger partial charge in [0, 0.05) is 18.0 Å². The van der Waals surface area contributed by atoms with Gasteiger partial charge in [-0.3, -0.25) is 0 Å². The van der Waals surface area contributed by atoms with Gasteiger partial charge in [0.05, 0.1) is 5.56 Å². The van der Waals surface area contributed by atoms with Gasteiger partial charge >= 0.3 is 5.97 Å². The summed E-state index contributed by atoms with van der Waals surface area (Å²) in [5.74, 6) is 0.113. The van der Waals surface area contributed by atoms with Gasteiger partial charge in [-0.1, -0.05) is 77.7 Å². The molecule has 198 valence electrons. The first-order valence-electron chi connectivity index (χ1n) is 14.0. The molecule has 0 aliphatic heterocycles. The summed E-state index contributed by atoms with van der Waals surface area (Å²) in [4.78, 5) is 21.5. The van der Waals surface area contributed by atoms with Crippen molar-refractivity contribution >= 4 is 5.97 Å². The lowest BCUT2D eigenvalue weighted by molar-refractivity contribution is 0.0734. The minimum atomic E-state index is -0.571. The monoisotopic (exact) mass is 504 g/mol. The highest BCUT2D eigenvalue weighted by molar-refractivity contribution is 5.91. The van der Waals surface area contributed by atoms with Crippen LogP contribution >= 0.6 is 0 Å². The number of hydrogen-bond acceptors (Lipinski definition) is 4. The van der Waals surface area contributed by atoms with Crippen molar-refractivity contribution in [2.24, 2.45) is 0 Å². The molecule has 0 aliphatic carbocycles. The van der Waals surface area contributed by atoms with Crippen LogP contribution in [0.3, 0.4) is 0 Å². The molecule has 0 bridgehead atoms. The maximum atomic E-state index is 14.6.